The Morgan fingerprint density at radius 3 is 3.20 bits per heavy atom. The van der Waals surface area contributed by atoms with Crippen LogP contribution in [0.3, 0.4) is 0 Å². The molecule has 0 spiro atoms. The van der Waals surface area contributed by atoms with Crippen molar-refractivity contribution in [2.75, 3.05) is 5.75 Å². The van der Waals surface area contributed by atoms with Crippen LogP contribution in [0, 0.1) is 6.92 Å². The summed E-state index contributed by atoms with van der Waals surface area (Å²) in [5.41, 5.74) is 2.67. The highest BCUT2D eigenvalue weighted by molar-refractivity contribution is 7.99. The number of aliphatic imine (C=N–C) groups is 1. The first kappa shape index (κ1) is 10.8. The summed E-state index contributed by atoms with van der Waals surface area (Å²) in [6.07, 6.45) is 2.85. The summed E-state index contributed by atoms with van der Waals surface area (Å²) in [4.78, 5) is 5.86. The molecule has 0 bridgehead atoms. The molecule has 15 heavy (non-hydrogen) atoms. The summed E-state index contributed by atoms with van der Waals surface area (Å²) in [7, 11) is 0. The van der Waals surface area contributed by atoms with Crippen molar-refractivity contribution >= 4 is 35.6 Å². The molecule has 78 valence electrons. The molecule has 0 saturated heterocycles. The molecule has 1 heterocycles. The Morgan fingerprint density at radius 1 is 1.53 bits per heavy atom. The zero-order valence-electron chi connectivity index (χ0n) is 8.64. The molecule has 0 N–H and O–H groups in total. The Labute approximate surface area is 100.0 Å². The number of rotatable bonds is 2. The predicted molar refractivity (Wildman–Crippen MR) is 71.4 cm³/mol. The van der Waals surface area contributed by atoms with Crippen molar-refractivity contribution in [3.63, 3.8) is 0 Å². The van der Waals surface area contributed by atoms with E-state index in [0.29, 0.717) is 6.04 Å². The van der Waals surface area contributed by atoms with Crippen molar-refractivity contribution in [2.24, 2.45) is 4.99 Å². The normalized spacial score (nSPS) is 20.2. The average Bonchev–Trinajstić information content (AvgIpc) is 2.25. The molecule has 0 saturated carbocycles. The van der Waals surface area contributed by atoms with Gasteiger partial charge in [-0.1, -0.05) is 24.4 Å². The van der Waals surface area contributed by atoms with Crippen molar-refractivity contribution in [2.45, 2.75) is 24.3 Å². The molecule has 3 heteroatoms. The Bertz CT molecular complexity index is 399. The van der Waals surface area contributed by atoms with Gasteiger partial charge in [-0.15, -0.1) is 11.8 Å². The fraction of sp³-hybridized carbons (Fsp3) is 0.333. The standard InChI is InChI=1S/C12H13NS2/c1-9-2-3-10-11(13-5-6-14)4-7-15-12(10)8-9/h2-3,5-6,8,11H,4,7H2,1H3. The van der Waals surface area contributed by atoms with Crippen molar-refractivity contribution in [3.8, 4) is 0 Å². The third-order valence-corrected chi connectivity index (χ3v) is 3.73. The SMILES string of the molecule is Cc1ccc2c(c1)SCCC2N=CC=S. The fourth-order valence-corrected chi connectivity index (χ4v) is 3.04. The number of hydrogen-bond donors (Lipinski definition) is 0. The number of benzene rings is 1. The van der Waals surface area contributed by atoms with Gasteiger partial charge in [-0.05, 0) is 30.5 Å². The third-order valence-electron chi connectivity index (χ3n) is 2.50. The lowest BCUT2D eigenvalue weighted by atomic mass is 10.0. The molecule has 1 nitrogen and oxygen atoms in total. The maximum Gasteiger partial charge on any atom is 0.0768 e. The van der Waals surface area contributed by atoms with Crippen molar-refractivity contribution in [3.05, 3.63) is 29.3 Å². The third kappa shape index (κ3) is 2.47. The molecular formula is C12H13NS2. The highest BCUT2D eigenvalue weighted by atomic mass is 32.2. The molecule has 1 atom stereocenters. The average molecular weight is 235 g/mol. The lowest BCUT2D eigenvalue weighted by molar-refractivity contribution is 0.686. The van der Waals surface area contributed by atoms with Crippen molar-refractivity contribution in [1.29, 1.82) is 0 Å². The first-order valence-electron chi connectivity index (χ1n) is 5.01. The van der Waals surface area contributed by atoms with Crippen LogP contribution in [0.2, 0.25) is 0 Å². The van der Waals surface area contributed by atoms with E-state index in [-0.39, 0.29) is 0 Å². The molecule has 0 aromatic heterocycles. The zero-order valence-corrected chi connectivity index (χ0v) is 10.3. The van der Waals surface area contributed by atoms with E-state index in [0.717, 1.165) is 12.2 Å². The minimum absolute atomic E-state index is 0.307. The second kappa shape index (κ2) is 4.90. The summed E-state index contributed by atoms with van der Waals surface area (Å²) < 4.78 is 0. The van der Waals surface area contributed by atoms with E-state index in [9.17, 15) is 0 Å². The molecule has 1 aromatic rings. The van der Waals surface area contributed by atoms with Crippen LogP contribution in [0.15, 0.2) is 28.1 Å². The zero-order chi connectivity index (χ0) is 10.7. The maximum absolute atomic E-state index is 4.76. The van der Waals surface area contributed by atoms with Crippen molar-refractivity contribution < 1.29 is 0 Å². The van der Waals surface area contributed by atoms with Gasteiger partial charge in [0.2, 0.25) is 0 Å². The van der Waals surface area contributed by atoms with E-state index >= 15 is 0 Å². The Balaban J connectivity index is 2.34. The van der Waals surface area contributed by atoms with Gasteiger partial charge in [-0.25, -0.2) is 0 Å². The summed E-state index contributed by atoms with van der Waals surface area (Å²) in [6.45, 7) is 2.13. The molecule has 1 aliphatic rings. The van der Waals surface area contributed by atoms with Gasteiger partial charge in [0.1, 0.15) is 0 Å². The van der Waals surface area contributed by atoms with Gasteiger partial charge in [0.25, 0.3) is 0 Å². The van der Waals surface area contributed by atoms with E-state index in [1.54, 1.807) is 11.6 Å². The number of thiocarbonyl (C=S) groups is 1. The van der Waals surface area contributed by atoms with Crippen molar-refractivity contribution in [1.82, 2.24) is 0 Å². The summed E-state index contributed by atoms with van der Waals surface area (Å²) in [5.74, 6) is 1.15. The molecule has 1 aliphatic heterocycles. The highest BCUT2D eigenvalue weighted by Gasteiger charge is 2.18. The molecule has 0 radical (unpaired) electrons. The molecule has 1 aromatic carbocycles. The molecule has 0 aliphatic carbocycles. The van der Waals surface area contributed by atoms with E-state index < -0.39 is 0 Å². The number of aryl methyl sites for hydroxylation is 1. The number of fused-ring (bicyclic) bond motifs is 1. The lowest BCUT2D eigenvalue weighted by Crippen LogP contribution is -2.05. The van der Waals surface area contributed by atoms with Gasteiger partial charge >= 0.3 is 0 Å². The van der Waals surface area contributed by atoms with Crippen LogP contribution >= 0.6 is 24.0 Å². The van der Waals surface area contributed by atoms with Crippen LogP contribution in [-0.4, -0.2) is 17.3 Å². The quantitative estimate of drug-likeness (QED) is 0.573. The van der Waals surface area contributed by atoms with E-state index in [4.69, 9.17) is 12.2 Å². The molecule has 0 fully saturated rings. The van der Waals surface area contributed by atoms with Crippen LogP contribution in [0.4, 0.5) is 0 Å². The fourth-order valence-electron chi connectivity index (χ4n) is 1.77. The molecule has 2 rings (SSSR count). The smallest absolute Gasteiger partial charge is 0.0768 e. The monoisotopic (exact) mass is 235 g/mol. The topological polar surface area (TPSA) is 12.4 Å². The van der Waals surface area contributed by atoms with Crippen LogP contribution in [-0.2, 0) is 0 Å². The van der Waals surface area contributed by atoms with Gasteiger partial charge in [-0.3, -0.25) is 4.99 Å². The Kier molecular flexibility index (Phi) is 3.54. The van der Waals surface area contributed by atoms with Gasteiger partial charge in [0, 0.05) is 22.2 Å². The minimum atomic E-state index is 0.307. The number of nitrogens with zero attached hydrogens (tertiary/aromatic N) is 1. The first-order valence-corrected chi connectivity index (χ1v) is 6.47. The highest BCUT2D eigenvalue weighted by Crippen LogP contribution is 2.38. The molecule has 0 amide bonds. The number of thioether (sulfide) groups is 1. The van der Waals surface area contributed by atoms with Gasteiger partial charge in [-0.2, -0.15) is 0 Å². The van der Waals surface area contributed by atoms with Crippen LogP contribution in [0.5, 0.6) is 0 Å². The second-order valence-electron chi connectivity index (χ2n) is 3.63. The Hall–Kier alpha value is -0.670. The van der Waals surface area contributed by atoms with Gasteiger partial charge in [0.15, 0.2) is 0 Å². The van der Waals surface area contributed by atoms with E-state index in [1.807, 2.05) is 11.8 Å². The predicted octanol–water partition coefficient (Wildman–Crippen LogP) is 3.60. The van der Waals surface area contributed by atoms with Crippen LogP contribution < -0.4 is 0 Å². The Morgan fingerprint density at radius 2 is 2.40 bits per heavy atom. The molecule has 1 unspecified atom stereocenters. The lowest BCUT2D eigenvalue weighted by Gasteiger charge is -2.22. The minimum Gasteiger partial charge on any atom is -0.284 e. The molecular weight excluding hydrogens is 222 g/mol. The maximum atomic E-state index is 4.76. The van der Waals surface area contributed by atoms with Gasteiger partial charge in [0.05, 0.1) is 6.04 Å². The van der Waals surface area contributed by atoms with E-state index in [1.165, 1.54) is 16.0 Å². The summed E-state index contributed by atoms with van der Waals surface area (Å²) in [6, 6.07) is 6.91. The summed E-state index contributed by atoms with van der Waals surface area (Å²) in [5, 5.41) is 1.58. The number of hydrogen-bond acceptors (Lipinski definition) is 3. The van der Waals surface area contributed by atoms with Crippen LogP contribution in [0.25, 0.3) is 0 Å². The second-order valence-corrected chi connectivity index (χ2v) is 5.04. The van der Waals surface area contributed by atoms with E-state index in [2.05, 4.69) is 30.1 Å². The largest absolute Gasteiger partial charge is 0.284 e. The summed E-state index contributed by atoms with van der Waals surface area (Å²) >= 11 is 6.69. The van der Waals surface area contributed by atoms with Gasteiger partial charge < -0.3 is 0 Å². The first-order chi connectivity index (χ1) is 7.31. The van der Waals surface area contributed by atoms with Crippen LogP contribution in [0.1, 0.15) is 23.6 Å².